The fourth-order valence-electron chi connectivity index (χ4n) is 2.67. The van der Waals surface area contributed by atoms with E-state index < -0.39 is 11.9 Å². The van der Waals surface area contributed by atoms with Crippen molar-refractivity contribution >= 4 is 29.0 Å². The van der Waals surface area contributed by atoms with Gasteiger partial charge >= 0.3 is 5.97 Å². The van der Waals surface area contributed by atoms with E-state index in [0.717, 1.165) is 30.6 Å². The van der Waals surface area contributed by atoms with E-state index in [4.69, 9.17) is 16.7 Å². The number of carbonyl (C=O) groups is 2. The molecule has 1 fully saturated rings. The van der Waals surface area contributed by atoms with Gasteiger partial charge in [-0.05, 0) is 37.0 Å². The summed E-state index contributed by atoms with van der Waals surface area (Å²) < 4.78 is 0. The van der Waals surface area contributed by atoms with Crippen LogP contribution in [0.5, 0.6) is 0 Å². The van der Waals surface area contributed by atoms with Crippen molar-refractivity contribution in [1.29, 1.82) is 0 Å². The van der Waals surface area contributed by atoms with Gasteiger partial charge in [0.25, 0.3) is 0 Å². The molecule has 1 aliphatic carbocycles. The minimum absolute atomic E-state index is 0.0947. The summed E-state index contributed by atoms with van der Waals surface area (Å²) in [5.74, 6) is -1.87. The van der Waals surface area contributed by atoms with Crippen LogP contribution in [0.2, 0.25) is 5.02 Å². The van der Waals surface area contributed by atoms with Crippen molar-refractivity contribution in [3.8, 4) is 0 Å². The average Bonchev–Trinajstić information content (AvgIpc) is 3.18. The molecule has 2 aliphatic rings. The van der Waals surface area contributed by atoms with Crippen LogP contribution in [0.3, 0.4) is 0 Å². The number of carboxylic acids is 1. The second kappa shape index (κ2) is 4.53. The maximum absolute atomic E-state index is 12.2. The monoisotopic (exact) mass is 279 g/mol. The molecule has 0 aromatic heterocycles. The molecule has 4 nitrogen and oxygen atoms in total. The number of aliphatic carboxylic acids is 1. The second-order valence-electron chi connectivity index (χ2n) is 5.17. The lowest BCUT2D eigenvalue weighted by Crippen LogP contribution is -2.14. The largest absolute Gasteiger partial charge is 0.481 e. The van der Waals surface area contributed by atoms with Crippen molar-refractivity contribution in [2.45, 2.75) is 19.3 Å². The van der Waals surface area contributed by atoms with Gasteiger partial charge in [-0.15, -0.1) is 0 Å². The molecule has 3 rings (SSSR count). The number of ketones is 1. The van der Waals surface area contributed by atoms with E-state index in [-0.39, 0.29) is 11.7 Å². The molecular weight excluding hydrogens is 266 g/mol. The number of nitrogens with one attached hydrogen (secondary N) is 1. The summed E-state index contributed by atoms with van der Waals surface area (Å²) in [7, 11) is 0. The number of anilines is 1. The van der Waals surface area contributed by atoms with Crippen molar-refractivity contribution in [3.05, 3.63) is 28.3 Å². The number of rotatable bonds is 3. The summed E-state index contributed by atoms with van der Waals surface area (Å²) in [4.78, 5) is 23.0. The molecule has 1 heterocycles. The van der Waals surface area contributed by atoms with Crippen LogP contribution >= 0.6 is 11.6 Å². The summed E-state index contributed by atoms with van der Waals surface area (Å²) in [5.41, 5.74) is 2.51. The number of carboxylic acid groups (broad SMARTS) is 1. The van der Waals surface area contributed by atoms with Gasteiger partial charge in [-0.2, -0.15) is 0 Å². The fourth-order valence-corrected chi connectivity index (χ4v) is 2.97. The van der Waals surface area contributed by atoms with Crippen molar-refractivity contribution < 1.29 is 14.7 Å². The van der Waals surface area contributed by atoms with Gasteiger partial charge in [-0.25, -0.2) is 0 Å². The lowest BCUT2D eigenvalue weighted by molar-refractivity contribution is -0.138. The Kier molecular flexibility index (Phi) is 2.97. The number of halogens is 1. The average molecular weight is 280 g/mol. The number of Topliss-reactive ketones (excluding diaryl/α,β-unsaturated/α-hetero) is 1. The van der Waals surface area contributed by atoms with Crippen LogP contribution < -0.4 is 5.32 Å². The number of carbonyl (C=O) groups excluding carboxylic acids is 1. The van der Waals surface area contributed by atoms with Gasteiger partial charge < -0.3 is 10.4 Å². The summed E-state index contributed by atoms with van der Waals surface area (Å²) in [5, 5.41) is 12.7. The van der Waals surface area contributed by atoms with E-state index in [2.05, 4.69) is 5.32 Å². The van der Waals surface area contributed by atoms with Crippen molar-refractivity contribution in [2.24, 2.45) is 11.8 Å². The second-order valence-corrected chi connectivity index (χ2v) is 5.58. The van der Waals surface area contributed by atoms with Gasteiger partial charge in [0.05, 0.1) is 16.6 Å². The number of hydrogen-bond acceptors (Lipinski definition) is 3. The molecular formula is C14H14ClNO3. The van der Waals surface area contributed by atoms with Gasteiger partial charge in [0.2, 0.25) is 0 Å². The van der Waals surface area contributed by atoms with Crippen LogP contribution in [0.1, 0.15) is 28.8 Å². The summed E-state index contributed by atoms with van der Waals surface area (Å²) >= 11 is 6.18. The van der Waals surface area contributed by atoms with Crippen LogP contribution in [0, 0.1) is 11.8 Å². The predicted molar refractivity (Wildman–Crippen MR) is 71.8 cm³/mol. The maximum Gasteiger partial charge on any atom is 0.307 e. The summed E-state index contributed by atoms with van der Waals surface area (Å²) in [6, 6.07) is 3.51. The minimum atomic E-state index is -0.885. The predicted octanol–water partition coefficient (Wildman–Crippen LogP) is 2.60. The van der Waals surface area contributed by atoms with Gasteiger partial charge in [0, 0.05) is 18.0 Å². The lowest BCUT2D eigenvalue weighted by atomic mass is 9.97. The molecule has 0 amide bonds. The molecule has 2 unspecified atom stereocenters. The Balaban J connectivity index is 1.88. The Hall–Kier alpha value is -1.55. The quantitative estimate of drug-likeness (QED) is 0.835. The molecule has 19 heavy (non-hydrogen) atoms. The van der Waals surface area contributed by atoms with Crippen LogP contribution in [-0.4, -0.2) is 23.4 Å². The molecule has 0 radical (unpaired) electrons. The lowest BCUT2D eigenvalue weighted by Gasteiger charge is -2.20. The van der Waals surface area contributed by atoms with E-state index in [0.29, 0.717) is 17.0 Å². The normalized spacial score (nSPS) is 24.3. The SMILES string of the molecule is O=C(O)C1CC1C(=O)c1cc(Cl)c2c(c1)CCCN2. The Labute approximate surface area is 115 Å². The van der Waals surface area contributed by atoms with Crippen molar-refractivity contribution in [3.63, 3.8) is 0 Å². The molecule has 1 aliphatic heterocycles. The zero-order chi connectivity index (χ0) is 13.6. The van der Waals surface area contributed by atoms with Gasteiger partial charge in [0.15, 0.2) is 5.78 Å². The van der Waals surface area contributed by atoms with Crippen molar-refractivity contribution in [1.82, 2.24) is 0 Å². The van der Waals surface area contributed by atoms with E-state index in [1.165, 1.54) is 0 Å². The van der Waals surface area contributed by atoms with E-state index in [1.54, 1.807) is 6.07 Å². The van der Waals surface area contributed by atoms with E-state index in [1.807, 2.05) is 6.07 Å². The highest BCUT2D eigenvalue weighted by atomic mass is 35.5. The fraction of sp³-hybridized carbons (Fsp3) is 0.429. The highest BCUT2D eigenvalue weighted by Gasteiger charge is 2.48. The van der Waals surface area contributed by atoms with Crippen LogP contribution in [0.25, 0.3) is 0 Å². The number of fused-ring (bicyclic) bond motifs is 1. The minimum Gasteiger partial charge on any atom is -0.481 e. The first kappa shape index (κ1) is 12.5. The number of benzene rings is 1. The standard InChI is InChI=1S/C14H14ClNO3/c15-11-5-8(4-7-2-1-3-16-12(7)11)13(17)9-6-10(9)14(18)19/h4-5,9-10,16H,1-3,6H2,(H,18,19). The zero-order valence-corrected chi connectivity index (χ0v) is 11.0. The summed E-state index contributed by atoms with van der Waals surface area (Å²) in [6.45, 7) is 0.893. The van der Waals surface area contributed by atoms with Crippen molar-refractivity contribution in [2.75, 3.05) is 11.9 Å². The van der Waals surface area contributed by atoms with Gasteiger partial charge in [-0.3, -0.25) is 9.59 Å². The molecule has 0 saturated heterocycles. The first-order chi connectivity index (χ1) is 9.08. The van der Waals surface area contributed by atoms with Gasteiger partial charge in [0.1, 0.15) is 0 Å². The van der Waals surface area contributed by atoms with Gasteiger partial charge in [-0.1, -0.05) is 11.6 Å². The summed E-state index contributed by atoms with van der Waals surface area (Å²) in [6.07, 6.45) is 2.36. The molecule has 1 saturated carbocycles. The molecule has 2 atom stereocenters. The highest BCUT2D eigenvalue weighted by molar-refractivity contribution is 6.34. The topological polar surface area (TPSA) is 66.4 Å². The molecule has 5 heteroatoms. The molecule has 2 N–H and O–H groups in total. The Morgan fingerprint density at radius 1 is 1.32 bits per heavy atom. The third kappa shape index (κ3) is 2.21. The van der Waals surface area contributed by atoms with Crippen LogP contribution in [-0.2, 0) is 11.2 Å². The molecule has 1 aromatic carbocycles. The molecule has 0 spiro atoms. The third-order valence-corrected chi connectivity index (χ3v) is 4.12. The Morgan fingerprint density at radius 2 is 2.11 bits per heavy atom. The zero-order valence-electron chi connectivity index (χ0n) is 10.3. The Morgan fingerprint density at radius 3 is 2.79 bits per heavy atom. The first-order valence-electron chi connectivity index (χ1n) is 6.41. The molecule has 100 valence electrons. The number of hydrogen-bond donors (Lipinski definition) is 2. The first-order valence-corrected chi connectivity index (χ1v) is 6.79. The maximum atomic E-state index is 12.2. The molecule has 1 aromatic rings. The van der Waals surface area contributed by atoms with E-state index in [9.17, 15) is 9.59 Å². The van der Waals surface area contributed by atoms with Crippen LogP contribution in [0.4, 0.5) is 5.69 Å². The number of aryl methyl sites for hydroxylation is 1. The Bertz CT molecular complexity index is 570. The highest BCUT2D eigenvalue weighted by Crippen LogP contribution is 2.42. The van der Waals surface area contributed by atoms with Crippen LogP contribution in [0.15, 0.2) is 12.1 Å². The third-order valence-electron chi connectivity index (χ3n) is 3.83. The van der Waals surface area contributed by atoms with E-state index >= 15 is 0 Å². The smallest absolute Gasteiger partial charge is 0.307 e. The molecule has 0 bridgehead atoms.